The lowest BCUT2D eigenvalue weighted by Crippen LogP contribution is -2.22. The topological polar surface area (TPSA) is 26.3 Å². The van der Waals surface area contributed by atoms with Gasteiger partial charge in [0.05, 0.1) is 13.5 Å². The van der Waals surface area contributed by atoms with Crippen LogP contribution in [0.15, 0.2) is 0 Å². The van der Waals surface area contributed by atoms with Gasteiger partial charge in [-0.25, -0.2) is 8.78 Å². The number of carbonyl (C=O) groups excluding carboxylic acids is 1. The van der Waals surface area contributed by atoms with E-state index in [1.807, 2.05) is 6.92 Å². The number of alkyl halides is 3. The van der Waals surface area contributed by atoms with Gasteiger partial charge in [0, 0.05) is 16.8 Å². The Morgan fingerprint density at radius 3 is 2.62 bits per heavy atom. The maximum atomic E-state index is 13.4. The highest BCUT2D eigenvalue weighted by atomic mass is 127. The normalized spacial score (nSPS) is 13.6. The van der Waals surface area contributed by atoms with Gasteiger partial charge >= 0.3 is 5.97 Å². The Morgan fingerprint density at radius 2 is 2.12 bits per heavy atom. The number of hydrogen-bond acceptors (Lipinski definition) is 2. The standard InChI is InChI=1S/C11H19F2IO2/c1-3-4-5-9(14)8-11(12,13)7-6-10(15)16-2/h9H,3-8H2,1-2H3. The van der Waals surface area contributed by atoms with E-state index in [2.05, 4.69) is 27.3 Å². The summed E-state index contributed by atoms with van der Waals surface area (Å²) in [6.45, 7) is 2.04. The fraction of sp³-hybridized carbons (Fsp3) is 0.909. The van der Waals surface area contributed by atoms with Crippen molar-refractivity contribution < 1.29 is 18.3 Å². The van der Waals surface area contributed by atoms with Crippen LogP contribution in [0.1, 0.15) is 45.4 Å². The lowest BCUT2D eigenvalue weighted by molar-refractivity contribution is -0.142. The molecule has 0 N–H and O–H groups in total. The van der Waals surface area contributed by atoms with Gasteiger partial charge in [-0.3, -0.25) is 4.79 Å². The molecule has 0 saturated carbocycles. The first-order valence-electron chi connectivity index (χ1n) is 5.50. The molecule has 0 aliphatic carbocycles. The van der Waals surface area contributed by atoms with Crippen molar-refractivity contribution in [2.75, 3.05) is 7.11 Å². The molecule has 16 heavy (non-hydrogen) atoms. The number of halogens is 3. The highest BCUT2D eigenvalue weighted by Gasteiger charge is 2.32. The number of ether oxygens (including phenoxy) is 1. The van der Waals surface area contributed by atoms with Crippen molar-refractivity contribution in [3.8, 4) is 0 Å². The maximum Gasteiger partial charge on any atom is 0.305 e. The van der Waals surface area contributed by atoms with Crippen LogP contribution in [-0.4, -0.2) is 22.9 Å². The first-order chi connectivity index (χ1) is 7.41. The van der Waals surface area contributed by atoms with Gasteiger partial charge < -0.3 is 4.74 Å². The summed E-state index contributed by atoms with van der Waals surface area (Å²) in [5.41, 5.74) is 0. The van der Waals surface area contributed by atoms with Crippen LogP contribution < -0.4 is 0 Å². The summed E-state index contributed by atoms with van der Waals surface area (Å²) in [6.07, 6.45) is 2.04. The van der Waals surface area contributed by atoms with Crippen LogP contribution in [0.4, 0.5) is 8.78 Å². The van der Waals surface area contributed by atoms with Crippen molar-refractivity contribution in [2.45, 2.75) is 55.3 Å². The summed E-state index contributed by atoms with van der Waals surface area (Å²) >= 11 is 2.06. The summed E-state index contributed by atoms with van der Waals surface area (Å²) in [4.78, 5) is 10.8. The predicted molar refractivity (Wildman–Crippen MR) is 68.1 cm³/mol. The zero-order valence-electron chi connectivity index (χ0n) is 9.77. The van der Waals surface area contributed by atoms with Crippen LogP contribution in [0, 0.1) is 0 Å². The predicted octanol–water partition coefficient (Wildman–Crippen LogP) is 3.96. The Labute approximate surface area is 109 Å². The van der Waals surface area contributed by atoms with Crippen molar-refractivity contribution in [3.05, 3.63) is 0 Å². The van der Waals surface area contributed by atoms with Gasteiger partial charge in [-0.1, -0.05) is 42.4 Å². The molecule has 0 aliphatic rings. The minimum atomic E-state index is -2.76. The van der Waals surface area contributed by atoms with Crippen molar-refractivity contribution in [3.63, 3.8) is 0 Å². The van der Waals surface area contributed by atoms with Gasteiger partial charge in [0.25, 0.3) is 0 Å². The average Bonchev–Trinajstić information content (AvgIpc) is 2.22. The van der Waals surface area contributed by atoms with Crippen LogP contribution in [0.3, 0.4) is 0 Å². The second kappa shape index (κ2) is 8.20. The van der Waals surface area contributed by atoms with E-state index in [1.165, 1.54) is 7.11 Å². The lowest BCUT2D eigenvalue weighted by Gasteiger charge is -2.19. The maximum absolute atomic E-state index is 13.4. The summed E-state index contributed by atoms with van der Waals surface area (Å²) < 4.78 is 31.1. The Morgan fingerprint density at radius 1 is 1.50 bits per heavy atom. The molecular weight excluding hydrogens is 329 g/mol. The smallest absolute Gasteiger partial charge is 0.305 e. The second-order valence-corrected chi connectivity index (χ2v) is 5.64. The van der Waals surface area contributed by atoms with Gasteiger partial charge in [0.1, 0.15) is 0 Å². The number of rotatable bonds is 8. The van der Waals surface area contributed by atoms with Gasteiger partial charge in [0.2, 0.25) is 5.92 Å². The second-order valence-electron chi connectivity index (χ2n) is 3.88. The van der Waals surface area contributed by atoms with Crippen molar-refractivity contribution in [1.82, 2.24) is 0 Å². The molecule has 5 heteroatoms. The summed E-state index contributed by atoms with van der Waals surface area (Å²) in [5, 5.41) is 0. The van der Waals surface area contributed by atoms with Gasteiger partial charge in [-0.2, -0.15) is 0 Å². The SMILES string of the molecule is CCCCC(I)CC(F)(F)CCC(=O)OC. The molecule has 0 aliphatic heterocycles. The minimum absolute atomic E-state index is 0.0230. The highest BCUT2D eigenvalue weighted by molar-refractivity contribution is 14.1. The number of unbranched alkanes of at least 4 members (excludes halogenated alkanes) is 1. The van der Waals surface area contributed by atoms with Gasteiger partial charge in [0.15, 0.2) is 0 Å². The third-order valence-corrected chi connectivity index (χ3v) is 3.38. The molecule has 1 unspecified atom stereocenters. The molecule has 0 amide bonds. The molecular formula is C11H19F2IO2. The molecule has 0 saturated heterocycles. The Bertz CT molecular complexity index is 210. The largest absolute Gasteiger partial charge is 0.469 e. The van der Waals surface area contributed by atoms with Crippen molar-refractivity contribution in [2.24, 2.45) is 0 Å². The van der Waals surface area contributed by atoms with E-state index in [4.69, 9.17) is 0 Å². The molecule has 0 aromatic carbocycles. The van der Waals surface area contributed by atoms with E-state index in [1.54, 1.807) is 0 Å². The molecule has 0 spiro atoms. The average molecular weight is 348 g/mol. The first kappa shape index (κ1) is 16.1. The first-order valence-corrected chi connectivity index (χ1v) is 6.74. The number of methoxy groups -OCH3 is 1. The number of esters is 1. The number of carbonyl (C=O) groups is 1. The monoisotopic (exact) mass is 348 g/mol. The van der Waals surface area contributed by atoms with Crippen LogP contribution in [0.2, 0.25) is 0 Å². The molecule has 0 aromatic heterocycles. The molecule has 2 nitrogen and oxygen atoms in total. The minimum Gasteiger partial charge on any atom is -0.469 e. The molecule has 0 aromatic rings. The summed E-state index contributed by atoms with van der Waals surface area (Å²) in [5.74, 6) is -3.33. The van der Waals surface area contributed by atoms with E-state index in [0.29, 0.717) is 0 Å². The fourth-order valence-electron chi connectivity index (χ4n) is 1.34. The third-order valence-electron chi connectivity index (χ3n) is 2.31. The van der Waals surface area contributed by atoms with Crippen LogP contribution >= 0.6 is 22.6 Å². The fourth-order valence-corrected chi connectivity index (χ4v) is 2.43. The zero-order chi connectivity index (χ0) is 12.6. The van der Waals surface area contributed by atoms with E-state index in [-0.39, 0.29) is 16.8 Å². The number of hydrogen-bond donors (Lipinski definition) is 0. The molecule has 0 fully saturated rings. The van der Waals surface area contributed by atoms with Crippen molar-refractivity contribution in [1.29, 1.82) is 0 Å². The lowest BCUT2D eigenvalue weighted by atomic mass is 10.0. The molecule has 96 valence electrons. The zero-order valence-corrected chi connectivity index (χ0v) is 11.9. The highest BCUT2D eigenvalue weighted by Crippen LogP contribution is 2.31. The van der Waals surface area contributed by atoms with E-state index >= 15 is 0 Å². The van der Waals surface area contributed by atoms with E-state index in [9.17, 15) is 13.6 Å². The Hall–Kier alpha value is 0.0600. The molecule has 0 rings (SSSR count). The van der Waals surface area contributed by atoms with Crippen LogP contribution in [0.25, 0.3) is 0 Å². The van der Waals surface area contributed by atoms with Gasteiger partial charge in [-0.15, -0.1) is 0 Å². The Balaban J connectivity index is 3.88. The molecule has 1 atom stereocenters. The Kier molecular flexibility index (Phi) is 8.23. The quantitative estimate of drug-likeness (QED) is 0.377. The summed E-state index contributed by atoms with van der Waals surface area (Å²) in [7, 11) is 1.21. The third kappa shape index (κ3) is 8.24. The van der Waals surface area contributed by atoms with Crippen molar-refractivity contribution >= 4 is 28.6 Å². The molecule has 0 bridgehead atoms. The van der Waals surface area contributed by atoms with E-state index < -0.39 is 18.3 Å². The van der Waals surface area contributed by atoms with Gasteiger partial charge in [-0.05, 0) is 6.42 Å². The summed E-state index contributed by atoms with van der Waals surface area (Å²) in [6, 6.07) is 0. The van der Waals surface area contributed by atoms with Crippen LogP contribution in [0.5, 0.6) is 0 Å². The van der Waals surface area contributed by atoms with E-state index in [0.717, 1.165) is 19.3 Å². The van der Waals surface area contributed by atoms with Crippen LogP contribution in [-0.2, 0) is 9.53 Å². The molecule has 0 heterocycles. The molecule has 0 radical (unpaired) electrons.